The zero-order valence-corrected chi connectivity index (χ0v) is 33.7. The molecule has 0 unspecified atom stereocenters. The topological polar surface area (TPSA) is 98.7 Å². The summed E-state index contributed by atoms with van der Waals surface area (Å²) < 4.78 is 0. The van der Waals surface area contributed by atoms with E-state index in [0.29, 0.717) is 12.8 Å². The fourth-order valence-electron chi connectivity index (χ4n) is 4.30. The van der Waals surface area contributed by atoms with Crippen molar-refractivity contribution < 1.29 is 19.8 Å². The smallest absolute Gasteiger partial charge is 0.303 e. The van der Waals surface area contributed by atoms with Crippen LogP contribution in [-0.2, 0) is 9.59 Å². The zero-order chi connectivity index (χ0) is 39.7. The van der Waals surface area contributed by atoms with E-state index >= 15 is 0 Å². The number of carboxylic acids is 2. The van der Waals surface area contributed by atoms with Crippen LogP contribution in [0.15, 0.2) is 146 Å². The van der Waals surface area contributed by atoms with Gasteiger partial charge in [0, 0.05) is 39.0 Å². The van der Waals surface area contributed by atoms with E-state index < -0.39 is 11.9 Å². The molecule has 54 heavy (non-hydrogen) atoms. The second kappa shape index (κ2) is 48.7. The molecule has 0 aromatic heterocycles. The maximum Gasteiger partial charge on any atom is 0.303 e. The fraction of sp³-hybridized carbons (Fsp3) is 0.458. The van der Waals surface area contributed by atoms with Crippen molar-refractivity contribution in [2.45, 2.75) is 117 Å². The molecule has 1 aliphatic heterocycles. The highest BCUT2D eigenvalue weighted by molar-refractivity contribution is 5.67. The van der Waals surface area contributed by atoms with Crippen LogP contribution in [0.4, 0.5) is 0 Å². The van der Waals surface area contributed by atoms with Gasteiger partial charge >= 0.3 is 11.9 Å². The molecule has 6 nitrogen and oxygen atoms in total. The molecule has 1 rings (SSSR count). The number of rotatable bonds is 28. The lowest BCUT2D eigenvalue weighted by atomic mass is 10.2. The monoisotopic (exact) mass is 743 g/mol. The van der Waals surface area contributed by atoms with Crippen LogP contribution in [0.1, 0.15) is 117 Å². The van der Waals surface area contributed by atoms with E-state index in [1.54, 1.807) is 0 Å². The SMILES string of the molecule is C1CNCCN1.CC/C=C\C/C=C\C/C=C\C/C=C\C/C=C\C/C=C\CCC(=O)O.CC/C=C\C/C=C\C/C=C\C/C=C\C/C=C\C/C=C\CCC(=O)O. The number of hydrogen-bond donors (Lipinski definition) is 4. The predicted octanol–water partition coefficient (Wildman–Crippen LogP) is 12.3. The Balaban J connectivity index is 0. The Labute approximate surface area is 330 Å². The summed E-state index contributed by atoms with van der Waals surface area (Å²) in [6, 6.07) is 0. The van der Waals surface area contributed by atoms with Gasteiger partial charge in [-0.05, 0) is 89.9 Å². The van der Waals surface area contributed by atoms with E-state index in [-0.39, 0.29) is 12.8 Å². The van der Waals surface area contributed by atoms with Crippen molar-refractivity contribution in [3.8, 4) is 0 Å². The molecule has 6 heteroatoms. The quantitative estimate of drug-likeness (QED) is 0.0596. The van der Waals surface area contributed by atoms with Gasteiger partial charge in [-0.1, -0.05) is 160 Å². The third-order valence-corrected chi connectivity index (χ3v) is 7.20. The number of carboxylic acid groups (broad SMARTS) is 2. The Morgan fingerprint density at radius 1 is 0.352 bits per heavy atom. The lowest BCUT2D eigenvalue weighted by Gasteiger charge is -2.11. The van der Waals surface area contributed by atoms with E-state index in [0.717, 1.165) is 103 Å². The Morgan fingerprint density at radius 2 is 0.537 bits per heavy atom. The van der Waals surface area contributed by atoms with E-state index in [1.807, 2.05) is 24.3 Å². The van der Waals surface area contributed by atoms with Crippen molar-refractivity contribution >= 4 is 11.9 Å². The molecule has 0 aliphatic carbocycles. The minimum atomic E-state index is -0.741. The number of piperazine rings is 1. The van der Waals surface area contributed by atoms with Gasteiger partial charge in [-0.3, -0.25) is 9.59 Å². The second-order valence-corrected chi connectivity index (χ2v) is 12.2. The highest BCUT2D eigenvalue weighted by Gasteiger charge is 1.92. The van der Waals surface area contributed by atoms with Crippen LogP contribution in [-0.4, -0.2) is 48.3 Å². The Kier molecular flexibility index (Phi) is 46.8. The fourth-order valence-corrected chi connectivity index (χ4v) is 4.30. The van der Waals surface area contributed by atoms with Crippen molar-refractivity contribution in [2.75, 3.05) is 26.2 Å². The van der Waals surface area contributed by atoms with Gasteiger partial charge < -0.3 is 20.8 Å². The van der Waals surface area contributed by atoms with Crippen molar-refractivity contribution in [3.63, 3.8) is 0 Å². The summed E-state index contributed by atoms with van der Waals surface area (Å²) in [5, 5.41) is 23.4. The van der Waals surface area contributed by atoms with E-state index in [4.69, 9.17) is 10.2 Å². The molecule has 0 spiro atoms. The summed E-state index contributed by atoms with van der Waals surface area (Å²) in [6.07, 6.45) is 64.9. The second-order valence-electron chi connectivity index (χ2n) is 12.2. The average Bonchev–Trinajstić information content (AvgIpc) is 3.17. The van der Waals surface area contributed by atoms with Crippen LogP contribution in [0.3, 0.4) is 0 Å². The Bertz CT molecular complexity index is 1110. The molecule has 0 saturated carbocycles. The van der Waals surface area contributed by atoms with Gasteiger partial charge in [0.25, 0.3) is 0 Å². The molecule has 0 aromatic rings. The lowest BCUT2D eigenvalue weighted by molar-refractivity contribution is -0.137. The summed E-state index contributed by atoms with van der Waals surface area (Å²) in [5.41, 5.74) is 0. The summed E-state index contributed by atoms with van der Waals surface area (Å²) >= 11 is 0. The Morgan fingerprint density at radius 3 is 0.704 bits per heavy atom. The largest absolute Gasteiger partial charge is 0.481 e. The van der Waals surface area contributed by atoms with Gasteiger partial charge in [-0.15, -0.1) is 0 Å². The van der Waals surface area contributed by atoms with E-state index in [1.165, 1.54) is 0 Å². The highest BCUT2D eigenvalue weighted by atomic mass is 16.4. The molecule has 4 N–H and O–H groups in total. The van der Waals surface area contributed by atoms with Gasteiger partial charge in [-0.25, -0.2) is 0 Å². The zero-order valence-electron chi connectivity index (χ0n) is 33.7. The summed E-state index contributed by atoms with van der Waals surface area (Å²) in [7, 11) is 0. The number of aliphatic carboxylic acids is 2. The van der Waals surface area contributed by atoms with Crippen LogP contribution < -0.4 is 10.6 Å². The first-order valence-corrected chi connectivity index (χ1v) is 20.2. The molecule has 0 radical (unpaired) electrons. The highest BCUT2D eigenvalue weighted by Crippen LogP contribution is 1.99. The molecule has 0 atom stereocenters. The van der Waals surface area contributed by atoms with Gasteiger partial charge in [0.15, 0.2) is 0 Å². The molecule has 0 aromatic carbocycles. The van der Waals surface area contributed by atoms with E-state index in [2.05, 4.69) is 146 Å². The van der Waals surface area contributed by atoms with Crippen LogP contribution in [0, 0.1) is 0 Å². The molecule has 1 fully saturated rings. The van der Waals surface area contributed by atoms with Crippen molar-refractivity contribution in [1.29, 1.82) is 0 Å². The number of nitrogens with one attached hydrogen (secondary N) is 2. The van der Waals surface area contributed by atoms with Crippen LogP contribution in [0.25, 0.3) is 0 Å². The van der Waals surface area contributed by atoms with Crippen LogP contribution in [0.2, 0.25) is 0 Å². The molecule has 1 aliphatic rings. The Hall–Kier alpha value is -4.26. The molecule has 0 amide bonds. The molecule has 0 bridgehead atoms. The maximum absolute atomic E-state index is 10.3. The van der Waals surface area contributed by atoms with Crippen molar-refractivity contribution in [3.05, 3.63) is 146 Å². The number of hydrogen-bond acceptors (Lipinski definition) is 4. The van der Waals surface area contributed by atoms with Crippen LogP contribution in [0.5, 0.6) is 0 Å². The van der Waals surface area contributed by atoms with Gasteiger partial charge in [-0.2, -0.15) is 0 Å². The first kappa shape index (κ1) is 51.8. The number of allylic oxidation sites excluding steroid dienone is 24. The summed E-state index contributed by atoms with van der Waals surface area (Å²) in [6.45, 7) is 8.85. The van der Waals surface area contributed by atoms with Crippen molar-refractivity contribution in [1.82, 2.24) is 10.6 Å². The summed E-state index contributed by atoms with van der Waals surface area (Å²) in [5.74, 6) is -1.48. The average molecular weight is 743 g/mol. The predicted molar refractivity (Wildman–Crippen MR) is 236 cm³/mol. The maximum atomic E-state index is 10.3. The molecule has 300 valence electrons. The molecular weight excluding hydrogens is 669 g/mol. The van der Waals surface area contributed by atoms with E-state index in [9.17, 15) is 9.59 Å². The van der Waals surface area contributed by atoms with Gasteiger partial charge in [0.1, 0.15) is 0 Å². The number of carbonyl (C=O) groups is 2. The first-order valence-electron chi connectivity index (χ1n) is 20.2. The lowest BCUT2D eigenvalue weighted by Crippen LogP contribution is -2.39. The van der Waals surface area contributed by atoms with Gasteiger partial charge in [0.2, 0.25) is 0 Å². The minimum Gasteiger partial charge on any atom is -0.481 e. The van der Waals surface area contributed by atoms with Crippen LogP contribution >= 0.6 is 0 Å². The molecule has 1 saturated heterocycles. The normalized spacial score (nSPS) is 14.3. The summed E-state index contributed by atoms with van der Waals surface area (Å²) in [4.78, 5) is 20.6. The molecule has 1 heterocycles. The standard InChI is InChI=1S/2C22H32O2.C4H10N2/c2*1-2-3-4-5-6-7-8-9-10-11-12-13-14-15-16-17-18-19-20-21-22(23)24;1-2-6-4-3-5-1/h2*3-4,6-7,9-10,12-13,15-16,18-19H,2,5,8,11,14,17,20-21H2,1H3,(H,23,24);5-6H,1-4H2/b2*4-3-,7-6-,10-9-,13-12-,16-15-,19-18-;. The molecular formula is C48H74N2O4. The third kappa shape index (κ3) is 54.5. The minimum absolute atomic E-state index is 0.210. The van der Waals surface area contributed by atoms with Crippen molar-refractivity contribution in [2.24, 2.45) is 0 Å². The third-order valence-electron chi connectivity index (χ3n) is 7.20. The first-order chi connectivity index (χ1) is 26.5. The van der Waals surface area contributed by atoms with Gasteiger partial charge in [0.05, 0.1) is 0 Å².